The van der Waals surface area contributed by atoms with Crippen molar-refractivity contribution in [1.29, 1.82) is 0 Å². The molecule has 292 valence electrons. The molecule has 4 rings (SSSR count). The zero-order valence-corrected chi connectivity index (χ0v) is 34.8. The van der Waals surface area contributed by atoms with Crippen molar-refractivity contribution in [3.05, 3.63) is 0 Å². The minimum atomic E-state index is -2.47. The van der Waals surface area contributed by atoms with Crippen LogP contribution in [0.5, 0.6) is 0 Å². The predicted molar refractivity (Wildman–Crippen MR) is 190 cm³/mol. The second-order valence-corrected chi connectivity index (χ2v) is 21.2. The topological polar surface area (TPSA) is 139 Å². The molecule has 0 amide bonds. The molecule has 1 aliphatic carbocycles. The van der Waals surface area contributed by atoms with Crippen LogP contribution in [-0.2, 0) is 63.5 Å². The SMILES string of the molecule is CCO[Si](CCCOCC1CO1)(OCC)OCC.CO[Si](CCC1CCC2OC2C1)(OC)OC.CO[Si](CCCOCC1CO1)(OC)OC. The summed E-state index contributed by atoms with van der Waals surface area (Å²) in [6, 6.07) is 2.51. The molecule has 4 fully saturated rings. The van der Waals surface area contributed by atoms with Gasteiger partial charge in [-0.05, 0) is 65.2 Å². The van der Waals surface area contributed by atoms with Gasteiger partial charge in [0.15, 0.2) is 0 Å². The third kappa shape index (κ3) is 18.1. The molecule has 1 saturated carbocycles. The van der Waals surface area contributed by atoms with Gasteiger partial charge in [0, 0.05) is 93.8 Å². The molecule has 0 spiro atoms. The molecule has 3 heterocycles. The van der Waals surface area contributed by atoms with E-state index >= 15 is 0 Å². The maximum absolute atomic E-state index is 5.76. The van der Waals surface area contributed by atoms with E-state index in [2.05, 4.69) is 0 Å². The normalized spacial score (nSPS) is 24.3. The van der Waals surface area contributed by atoms with Crippen molar-refractivity contribution in [3.63, 3.8) is 0 Å². The Morgan fingerprint density at radius 2 is 0.980 bits per heavy atom. The van der Waals surface area contributed by atoms with E-state index in [0.717, 1.165) is 56.5 Å². The highest BCUT2D eigenvalue weighted by Gasteiger charge is 2.45. The fraction of sp³-hybridized carbons (Fsp3) is 1.00. The van der Waals surface area contributed by atoms with Crippen molar-refractivity contribution in [2.24, 2.45) is 5.92 Å². The zero-order valence-electron chi connectivity index (χ0n) is 31.8. The van der Waals surface area contributed by atoms with E-state index in [1.165, 1.54) is 19.3 Å². The molecule has 5 unspecified atom stereocenters. The molecular weight excluding hydrogens is 693 g/mol. The van der Waals surface area contributed by atoms with Crippen LogP contribution in [0.3, 0.4) is 0 Å². The molecule has 17 heteroatoms. The van der Waals surface area contributed by atoms with Crippen LogP contribution in [0.4, 0.5) is 0 Å². The number of hydrogen-bond acceptors (Lipinski definition) is 14. The third-order valence-electron chi connectivity index (χ3n) is 8.89. The van der Waals surface area contributed by atoms with E-state index in [1.54, 1.807) is 42.7 Å². The van der Waals surface area contributed by atoms with Gasteiger partial charge in [0.05, 0.1) is 38.6 Å². The van der Waals surface area contributed by atoms with Crippen LogP contribution in [-0.4, -0.2) is 153 Å². The molecule has 0 aromatic carbocycles. The van der Waals surface area contributed by atoms with E-state index < -0.39 is 26.4 Å². The lowest BCUT2D eigenvalue weighted by Crippen LogP contribution is -2.46. The van der Waals surface area contributed by atoms with Gasteiger partial charge in [-0.1, -0.05) is 0 Å². The van der Waals surface area contributed by atoms with Crippen LogP contribution >= 0.6 is 0 Å². The van der Waals surface area contributed by atoms with Gasteiger partial charge in [0.1, 0.15) is 12.2 Å². The standard InChI is InChI=1S/C12H26O5Si.C11H22O4Si.C9H20O5Si/c1-4-15-18(16-5-2,17-6-3)9-7-8-13-10-12-11-14-12;1-12-16(13-2,14-3)7-6-9-4-5-10-11(8-9)15-10;1-10-15(11-2,12-3)6-4-5-13-7-9-8-14-9/h12H,4-11H2,1-3H3;9-11H,4-8H2,1-3H3;9H,4-8H2,1-3H3. The van der Waals surface area contributed by atoms with Crippen molar-refractivity contribution in [1.82, 2.24) is 0 Å². The lowest BCUT2D eigenvalue weighted by atomic mass is 9.88. The van der Waals surface area contributed by atoms with Crippen LogP contribution in [0.1, 0.15) is 59.3 Å². The third-order valence-corrected chi connectivity index (χ3v) is 17.6. The smallest absolute Gasteiger partial charge is 0.379 e. The van der Waals surface area contributed by atoms with Gasteiger partial charge in [-0.25, -0.2) is 0 Å². The van der Waals surface area contributed by atoms with Crippen LogP contribution in [0.2, 0.25) is 18.1 Å². The molecular formula is C32H68O14Si3. The fourth-order valence-electron chi connectivity index (χ4n) is 5.78. The molecule has 3 aliphatic heterocycles. The molecule has 5 atom stereocenters. The summed E-state index contributed by atoms with van der Waals surface area (Å²) in [4.78, 5) is 0. The number of hydrogen-bond donors (Lipinski definition) is 0. The highest BCUT2D eigenvalue weighted by molar-refractivity contribution is 6.61. The van der Waals surface area contributed by atoms with Gasteiger partial charge in [0.2, 0.25) is 0 Å². The summed E-state index contributed by atoms with van der Waals surface area (Å²) in [6.45, 7) is 12.3. The van der Waals surface area contributed by atoms with E-state index in [4.69, 9.17) is 63.5 Å². The molecule has 0 radical (unpaired) electrons. The lowest BCUT2D eigenvalue weighted by molar-refractivity contribution is 0.0648. The quantitative estimate of drug-likeness (QED) is 0.0667. The highest BCUT2D eigenvalue weighted by atomic mass is 28.4. The molecule has 49 heavy (non-hydrogen) atoms. The van der Waals surface area contributed by atoms with Crippen LogP contribution in [0.15, 0.2) is 0 Å². The minimum absolute atomic E-state index is 0.331. The Hall–Kier alpha value is 0.0906. The van der Waals surface area contributed by atoms with Crippen LogP contribution < -0.4 is 0 Å². The monoisotopic (exact) mass is 760 g/mol. The average Bonchev–Trinajstić information content (AvgIpc) is 3.98. The zero-order chi connectivity index (χ0) is 36.0. The van der Waals surface area contributed by atoms with Gasteiger partial charge in [-0.3, -0.25) is 0 Å². The van der Waals surface area contributed by atoms with Gasteiger partial charge >= 0.3 is 26.4 Å². The average molecular weight is 761 g/mol. The number of epoxide rings is 3. The van der Waals surface area contributed by atoms with Crippen molar-refractivity contribution in [3.8, 4) is 0 Å². The van der Waals surface area contributed by atoms with E-state index in [0.29, 0.717) is 70.7 Å². The molecule has 0 aromatic heterocycles. The predicted octanol–water partition coefficient (Wildman–Crippen LogP) is 4.33. The first-order chi connectivity index (χ1) is 23.7. The summed E-state index contributed by atoms with van der Waals surface area (Å²) in [5.74, 6) is 0.760. The minimum Gasteiger partial charge on any atom is -0.379 e. The largest absolute Gasteiger partial charge is 0.501 e. The summed E-state index contributed by atoms with van der Waals surface area (Å²) in [6.07, 6.45) is 8.46. The number of rotatable bonds is 27. The van der Waals surface area contributed by atoms with E-state index in [9.17, 15) is 0 Å². The lowest BCUT2D eigenvalue weighted by Gasteiger charge is -2.28. The molecule has 0 aromatic rings. The van der Waals surface area contributed by atoms with E-state index in [1.807, 2.05) is 20.8 Å². The van der Waals surface area contributed by atoms with Crippen molar-refractivity contribution in [2.45, 2.75) is 102 Å². The van der Waals surface area contributed by atoms with Crippen LogP contribution in [0.25, 0.3) is 0 Å². The summed E-state index contributed by atoms with van der Waals surface area (Å²) in [5.41, 5.74) is 0. The number of ether oxygens (including phenoxy) is 5. The van der Waals surface area contributed by atoms with Gasteiger partial charge in [-0.15, -0.1) is 0 Å². The molecule has 0 bridgehead atoms. The molecule has 4 aliphatic rings. The summed E-state index contributed by atoms with van der Waals surface area (Å²) in [7, 11) is 2.70. The van der Waals surface area contributed by atoms with E-state index in [-0.39, 0.29) is 0 Å². The molecule has 14 nitrogen and oxygen atoms in total. The maximum atomic E-state index is 5.76. The van der Waals surface area contributed by atoms with Crippen molar-refractivity contribution >= 4 is 26.4 Å². The Labute approximate surface area is 299 Å². The Morgan fingerprint density at radius 1 is 0.551 bits per heavy atom. The second-order valence-electron chi connectivity index (χ2n) is 12.3. The van der Waals surface area contributed by atoms with Gasteiger partial charge in [-0.2, -0.15) is 0 Å². The Bertz CT molecular complexity index is 784. The Morgan fingerprint density at radius 3 is 1.37 bits per heavy atom. The first kappa shape index (κ1) is 45.2. The summed E-state index contributed by atoms with van der Waals surface area (Å²) in [5, 5.41) is 0. The summed E-state index contributed by atoms with van der Waals surface area (Å²) < 4.78 is 76.0. The molecule has 0 N–H and O–H groups in total. The number of fused-ring (bicyclic) bond motifs is 1. The first-order valence-electron chi connectivity index (χ1n) is 18.0. The Kier molecular flexibility index (Phi) is 23.2. The second kappa shape index (κ2) is 25.2. The van der Waals surface area contributed by atoms with Crippen LogP contribution in [0, 0.1) is 5.92 Å². The first-order valence-corrected chi connectivity index (χ1v) is 23.8. The van der Waals surface area contributed by atoms with Gasteiger partial charge < -0.3 is 63.5 Å². The fourth-order valence-corrected chi connectivity index (χ4v) is 11.9. The maximum Gasteiger partial charge on any atom is 0.501 e. The molecule has 3 saturated heterocycles. The highest BCUT2D eigenvalue weighted by Crippen LogP contribution is 2.41. The van der Waals surface area contributed by atoms with Gasteiger partial charge in [0.25, 0.3) is 0 Å². The van der Waals surface area contributed by atoms with Crippen molar-refractivity contribution in [2.75, 3.05) is 102 Å². The summed E-state index contributed by atoms with van der Waals surface area (Å²) >= 11 is 0. The Balaban J connectivity index is 0.000000256. The van der Waals surface area contributed by atoms with Crippen molar-refractivity contribution < 1.29 is 63.5 Å².